The molecule has 7 heteroatoms. The third-order valence-corrected chi connectivity index (χ3v) is 9.89. The largest absolute Gasteiger partial charge is 0.472 e. The highest BCUT2D eigenvalue weighted by Crippen LogP contribution is 2.67. The number of allylic oxidation sites excluding steroid dienone is 1. The van der Waals surface area contributed by atoms with E-state index < -0.39 is 46.1 Å². The molecule has 1 aromatic heterocycles. The number of cyclic esters (lactones) is 1. The molecule has 1 saturated heterocycles. The van der Waals surface area contributed by atoms with Crippen LogP contribution in [0.1, 0.15) is 72.0 Å². The highest BCUT2D eigenvalue weighted by Gasteiger charge is 2.69. The number of carbonyl (C=O) groups excluding carboxylic acids is 4. The Morgan fingerprint density at radius 2 is 1.86 bits per heavy atom. The maximum Gasteiger partial charge on any atom is 0.310 e. The van der Waals surface area contributed by atoms with Gasteiger partial charge in [-0.3, -0.25) is 19.2 Å². The van der Waals surface area contributed by atoms with Gasteiger partial charge >= 0.3 is 11.9 Å². The minimum Gasteiger partial charge on any atom is -0.472 e. The Hall–Kier alpha value is -2.70. The molecule has 2 bridgehead atoms. The fourth-order valence-electron chi connectivity index (χ4n) is 8.45. The SMILES string of the molecule is COC(=O)C(C)C1C(C)(C)C(=O)C2CC3=C4CC(=O)OC(c5ccoc5)C4(C)CCC3C1(C)C2=O. The Kier molecular flexibility index (Phi) is 5.25. The van der Waals surface area contributed by atoms with E-state index >= 15 is 0 Å². The quantitative estimate of drug-likeness (QED) is 0.352. The van der Waals surface area contributed by atoms with Gasteiger partial charge in [0.05, 0.1) is 37.9 Å². The molecule has 1 aromatic rings. The lowest BCUT2D eigenvalue weighted by Gasteiger charge is -2.62. The van der Waals surface area contributed by atoms with Crippen LogP contribution in [0.4, 0.5) is 0 Å². The van der Waals surface area contributed by atoms with Gasteiger partial charge in [-0.05, 0) is 42.7 Å². The van der Waals surface area contributed by atoms with Crippen LogP contribution in [0.15, 0.2) is 34.2 Å². The molecule has 0 N–H and O–H groups in total. The van der Waals surface area contributed by atoms with Crippen molar-refractivity contribution >= 4 is 23.5 Å². The van der Waals surface area contributed by atoms with E-state index in [9.17, 15) is 19.2 Å². The van der Waals surface area contributed by atoms with Crippen LogP contribution >= 0.6 is 0 Å². The lowest BCUT2D eigenvalue weighted by atomic mass is 9.40. The average Bonchev–Trinajstić information content (AvgIpc) is 3.34. The molecule has 2 heterocycles. The van der Waals surface area contributed by atoms with Crippen LogP contribution in [-0.4, -0.2) is 30.6 Å². The predicted molar refractivity (Wildman–Crippen MR) is 125 cm³/mol. The summed E-state index contributed by atoms with van der Waals surface area (Å²) in [6, 6.07) is 1.82. The summed E-state index contributed by atoms with van der Waals surface area (Å²) in [6.45, 7) is 9.57. The van der Waals surface area contributed by atoms with Gasteiger partial charge in [0, 0.05) is 21.8 Å². The highest BCUT2D eigenvalue weighted by molar-refractivity contribution is 6.11. The highest BCUT2D eigenvalue weighted by atomic mass is 16.5. The number of esters is 2. The van der Waals surface area contributed by atoms with E-state index in [1.54, 1.807) is 19.5 Å². The summed E-state index contributed by atoms with van der Waals surface area (Å²) in [4.78, 5) is 53.3. The lowest BCUT2D eigenvalue weighted by molar-refractivity contribution is -0.178. The lowest BCUT2D eigenvalue weighted by Crippen LogP contribution is -2.66. The molecule has 7 nitrogen and oxygen atoms in total. The molecule has 0 spiro atoms. The van der Waals surface area contributed by atoms with Gasteiger partial charge in [-0.2, -0.15) is 0 Å². The summed E-state index contributed by atoms with van der Waals surface area (Å²) in [5.41, 5.74) is 0.632. The molecule has 35 heavy (non-hydrogen) atoms. The zero-order valence-corrected chi connectivity index (χ0v) is 21.3. The van der Waals surface area contributed by atoms with Gasteiger partial charge in [-0.15, -0.1) is 0 Å². The maximum absolute atomic E-state index is 14.0. The number of carbonyl (C=O) groups is 4. The van der Waals surface area contributed by atoms with Crippen molar-refractivity contribution < 1.29 is 33.1 Å². The molecule has 3 aliphatic carbocycles. The number of fused-ring (bicyclic) bond motifs is 5. The average molecular weight is 483 g/mol. The monoisotopic (exact) mass is 482 g/mol. The minimum absolute atomic E-state index is 0.0645. The van der Waals surface area contributed by atoms with Crippen molar-refractivity contribution in [2.45, 2.75) is 66.4 Å². The van der Waals surface area contributed by atoms with Gasteiger partial charge in [-0.1, -0.05) is 40.2 Å². The first-order chi connectivity index (χ1) is 16.4. The van der Waals surface area contributed by atoms with E-state index in [0.717, 1.165) is 23.1 Å². The number of rotatable bonds is 3. The van der Waals surface area contributed by atoms with Gasteiger partial charge in [-0.25, -0.2) is 0 Å². The fraction of sp³-hybridized carbons (Fsp3) is 0.643. The topological polar surface area (TPSA) is 99.9 Å². The number of furan rings is 1. The van der Waals surface area contributed by atoms with Crippen LogP contribution in [0.25, 0.3) is 0 Å². The van der Waals surface area contributed by atoms with E-state index in [1.165, 1.54) is 7.11 Å². The number of Topliss-reactive ketones (excluding diaryl/α,β-unsaturated/α-hetero) is 2. The van der Waals surface area contributed by atoms with Gasteiger partial charge in [0.1, 0.15) is 17.7 Å². The molecule has 7 atom stereocenters. The fourth-order valence-corrected chi connectivity index (χ4v) is 8.45. The summed E-state index contributed by atoms with van der Waals surface area (Å²) < 4.78 is 16.2. The smallest absolute Gasteiger partial charge is 0.310 e. The van der Waals surface area contributed by atoms with Crippen molar-refractivity contribution in [1.82, 2.24) is 0 Å². The van der Waals surface area contributed by atoms with Gasteiger partial charge in [0.15, 0.2) is 0 Å². The van der Waals surface area contributed by atoms with E-state index in [0.29, 0.717) is 12.8 Å². The molecule has 0 radical (unpaired) electrons. The molecule has 7 unspecified atom stereocenters. The van der Waals surface area contributed by atoms with Gasteiger partial charge in [0.25, 0.3) is 0 Å². The summed E-state index contributed by atoms with van der Waals surface area (Å²) in [7, 11) is 1.34. The van der Waals surface area contributed by atoms with E-state index in [2.05, 4.69) is 6.92 Å². The minimum atomic E-state index is -0.913. The Morgan fingerprint density at radius 3 is 2.49 bits per heavy atom. The van der Waals surface area contributed by atoms with E-state index in [4.69, 9.17) is 13.9 Å². The first-order valence-corrected chi connectivity index (χ1v) is 12.5. The van der Waals surface area contributed by atoms with E-state index in [-0.39, 0.29) is 29.9 Å². The summed E-state index contributed by atoms with van der Waals surface area (Å²) in [5.74, 6) is -2.95. The van der Waals surface area contributed by atoms with Crippen LogP contribution in [0.5, 0.6) is 0 Å². The molecule has 188 valence electrons. The Morgan fingerprint density at radius 1 is 1.14 bits per heavy atom. The van der Waals surface area contributed by atoms with Crippen LogP contribution in [0, 0.1) is 39.9 Å². The van der Waals surface area contributed by atoms with Crippen molar-refractivity contribution in [3.05, 3.63) is 35.3 Å². The molecular weight excluding hydrogens is 448 g/mol. The number of methoxy groups -OCH3 is 1. The number of ether oxygens (including phenoxy) is 2. The second-order valence-electron chi connectivity index (χ2n) is 11.9. The Labute approximate surface area is 205 Å². The predicted octanol–water partition coefficient (Wildman–Crippen LogP) is 4.61. The van der Waals surface area contributed by atoms with Gasteiger partial charge in [0.2, 0.25) is 0 Å². The van der Waals surface area contributed by atoms with Crippen molar-refractivity contribution in [3.8, 4) is 0 Å². The van der Waals surface area contributed by atoms with Crippen molar-refractivity contribution in [2.75, 3.05) is 7.11 Å². The molecule has 2 saturated carbocycles. The van der Waals surface area contributed by atoms with E-state index in [1.807, 2.05) is 26.8 Å². The molecule has 3 fully saturated rings. The Balaban J connectivity index is 1.70. The van der Waals surface area contributed by atoms with Crippen LogP contribution in [0.2, 0.25) is 0 Å². The summed E-state index contributed by atoms with van der Waals surface area (Å²) in [5, 5.41) is 0. The second kappa shape index (κ2) is 7.65. The molecule has 0 amide bonds. The Bertz CT molecular complexity index is 1140. The molecule has 5 rings (SSSR count). The maximum atomic E-state index is 14.0. The van der Waals surface area contributed by atoms with Crippen LogP contribution < -0.4 is 0 Å². The molecule has 1 aliphatic heterocycles. The zero-order valence-electron chi connectivity index (χ0n) is 21.3. The molecular formula is C28H34O7. The molecule has 4 aliphatic rings. The first kappa shape index (κ1) is 24.0. The zero-order chi connectivity index (χ0) is 25.5. The first-order valence-electron chi connectivity index (χ1n) is 12.5. The van der Waals surface area contributed by atoms with Crippen molar-refractivity contribution in [2.24, 2.45) is 39.9 Å². The number of hydrogen-bond acceptors (Lipinski definition) is 7. The van der Waals surface area contributed by atoms with Crippen LogP contribution in [-0.2, 0) is 28.7 Å². The third-order valence-electron chi connectivity index (χ3n) is 9.89. The normalized spacial score (nSPS) is 38.9. The standard InChI is InChI=1S/C28H34O7/c1-14(25(32)33-6)21-26(2,3)22(30)17-11-16-18(28(21,5)23(17)31)7-9-27(4)19(16)12-20(29)35-24(27)15-8-10-34-13-15/h8,10,13-14,17-18,21,24H,7,9,11-12H2,1-6H3. The summed E-state index contributed by atoms with van der Waals surface area (Å²) in [6.07, 6.45) is 4.64. The van der Waals surface area contributed by atoms with Crippen molar-refractivity contribution in [3.63, 3.8) is 0 Å². The van der Waals surface area contributed by atoms with Crippen LogP contribution in [0.3, 0.4) is 0 Å². The second-order valence-corrected chi connectivity index (χ2v) is 11.9. The number of hydrogen-bond donors (Lipinski definition) is 0. The molecule has 0 aromatic carbocycles. The third kappa shape index (κ3) is 3.02. The number of ketones is 2. The summed E-state index contributed by atoms with van der Waals surface area (Å²) >= 11 is 0. The van der Waals surface area contributed by atoms with Crippen molar-refractivity contribution in [1.29, 1.82) is 0 Å². The van der Waals surface area contributed by atoms with Gasteiger partial charge < -0.3 is 13.9 Å².